The predicted molar refractivity (Wildman–Crippen MR) is 98.1 cm³/mol. The second kappa shape index (κ2) is 7.04. The SMILES string of the molecule is O=C(N[C@H]1CN2CCC1CC2)c1ccc(Sc2cc(Cl)ccn2)s1. The summed E-state index contributed by atoms with van der Waals surface area (Å²) in [5, 5.41) is 4.75. The fourth-order valence-electron chi connectivity index (χ4n) is 3.41. The number of carbonyl (C=O) groups excluding carboxylic acids is 1. The molecule has 5 rings (SSSR count). The van der Waals surface area contributed by atoms with Gasteiger partial charge in [-0.25, -0.2) is 4.98 Å². The zero-order chi connectivity index (χ0) is 16.5. The summed E-state index contributed by atoms with van der Waals surface area (Å²) in [5.41, 5.74) is 0. The van der Waals surface area contributed by atoms with Crippen molar-refractivity contribution in [3.8, 4) is 0 Å². The lowest BCUT2D eigenvalue weighted by Gasteiger charge is -2.44. The molecule has 5 heterocycles. The molecule has 0 aromatic carbocycles. The van der Waals surface area contributed by atoms with Crippen LogP contribution >= 0.6 is 34.7 Å². The van der Waals surface area contributed by atoms with Crippen LogP contribution in [0, 0.1) is 5.92 Å². The molecule has 1 amide bonds. The molecule has 3 aliphatic rings. The Hall–Kier alpha value is -1.08. The monoisotopic (exact) mass is 379 g/mol. The third kappa shape index (κ3) is 3.61. The number of nitrogens with one attached hydrogen (secondary N) is 1. The van der Waals surface area contributed by atoms with E-state index in [4.69, 9.17) is 11.6 Å². The smallest absolute Gasteiger partial charge is 0.261 e. The van der Waals surface area contributed by atoms with Gasteiger partial charge in [0.1, 0.15) is 5.03 Å². The van der Waals surface area contributed by atoms with E-state index >= 15 is 0 Å². The molecule has 1 N–H and O–H groups in total. The Morgan fingerprint density at radius 1 is 1.33 bits per heavy atom. The van der Waals surface area contributed by atoms with Gasteiger partial charge < -0.3 is 10.2 Å². The van der Waals surface area contributed by atoms with Gasteiger partial charge in [-0.2, -0.15) is 0 Å². The first-order valence-corrected chi connectivity index (χ1v) is 10.1. The molecule has 3 saturated heterocycles. The van der Waals surface area contributed by atoms with Gasteiger partial charge in [-0.1, -0.05) is 23.4 Å². The normalized spacial score (nSPS) is 25.6. The number of thiophene rings is 1. The van der Waals surface area contributed by atoms with Crippen molar-refractivity contribution in [3.05, 3.63) is 40.4 Å². The number of carbonyl (C=O) groups is 1. The summed E-state index contributed by atoms with van der Waals surface area (Å²) in [6, 6.07) is 7.76. The highest BCUT2D eigenvalue weighted by molar-refractivity contribution is 8.01. The Morgan fingerprint density at radius 3 is 2.88 bits per heavy atom. The maximum Gasteiger partial charge on any atom is 0.261 e. The number of nitrogens with zero attached hydrogens (tertiary/aromatic N) is 2. The van der Waals surface area contributed by atoms with Crippen LogP contribution in [0.15, 0.2) is 39.7 Å². The number of rotatable bonds is 4. The van der Waals surface area contributed by atoms with Crippen molar-refractivity contribution < 1.29 is 4.79 Å². The molecule has 126 valence electrons. The van der Waals surface area contributed by atoms with E-state index in [0.29, 0.717) is 17.0 Å². The molecule has 4 nitrogen and oxygen atoms in total. The van der Waals surface area contributed by atoms with E-state index in [1.54, 1.807) is 12.3 Å². The molecular weight excluding hydrogens is 362 g/mol. The van der Waals surface area contributed by atoms with E-state index in [9.17, 15) is 4.79 Å². The molecular formula is C17H18ClN3OS2. The number of hydrogen-bond acceptors (Lipinski definition) is 5. The van der Waals surface area contributed by atoms with E-state index in [-0.39, 0.29) is 5.91 Å². The minimum atomic E-state index is 0.0460. The van der Waals surface area contributed by atoms with E-state index in [0.717, 1.165) is 20.7 Å². The highest BCUT2D eigenvalue weighted by Gasteiger charge is 2.35. The van der Waals surface area contributed by atoms with E-state index in [1.807, 2.05) is 18.2 Å². The summed E-state index contributed by atoms with van der Waals surface area (Å²) in [4.78, 5) is 20.0. The van der Waals surface area contributed by atoms with Crippen LogP contribution in [0.1, 0.15) is 22.5 Å². The third-order valence-electron chi connectivity index (χ3n) is 4.68. The average molecular weight is 380 g/mol. The topological polar surface area (TPSA) is 45.2 Å². The number of halogens is 1. The molecule has 2 aromatic rings. The summed E-state index contributed by atoms with van der Waals surface area (Å²) in [5.74, 6) is 0.688. The van der Waals surface area contributed by atoms with Gasteiger partial charge in [-0.3, -0.25) is 4.79 Å². The molecule has 0 aliphatic carbocycles. The van der Waals surface area contributed by atoms with Crippen LogP contribution in [0.25, 0.3) is 0 Å². The summed E-state index contributed by atoms with van der Waals surface area (Å²) in [6.45, 7) is 3.36. The second-order valence-electron chi connectivity index (χ2n) is 6.25. The Morgan fingerprint density at radius 2 is 2.17 bits per heavy atom. The summed E-state index contributed by atoms with van der Waals surface area (Å²) < 4.78 is 1.05. The molecule has 7 heteroatoms. The number of aromatic nitrogens is 1. The molecule has 0 spiro atoms. The molecule has 0 radical (unpaired) electrons. The maximum absolute atomic E-state index is 12.5. The minimum absolute atomic E-state index is 0.0460. The van der Waals surface area contributed by atoms with Gasteiger partial charge in [0, 0.05) is 23.8 Å². The number of amides is 1. The minimum Gasteiger partial charge on any atom is -0.347 e. The van der Waals surface area contributed by atoms with Gasteiger partial charge in [0.2, 0.25) is 0 Å². The van der Waals surface area contributed by atoms with Crippen molar-refractivity contribution in [1.29, 1.82) is 0 Å². The average Bonchev–Trinajstić information content (AvgIpc) is 3.05. The Labute approximate surface area is 154 Å². The van der Waals surface area contributed by atoms with Crippen LogP contribution in [0.3, 0.4) is 0 Å². The van der Waals surface area contributed by atoms with Gasteiger partial charge >= 0.3 is 0 Å². The summed E-state index contributed by atoms with van der Waals surface area (Å²) in [7, 11) is 0. The Bertz CT molecular complexity index is 743. The van der Waals surface area contributed by atoms with Crippen LogP contribution < -0.4 is 5.32 Å². The zero-order valence-electron chi connectivity index (χ0n) is 13.1. The molecule has 24 heavy (non-hydrogen) atoms. The van der Waals surface area contributed by atoms with Crippen molar-refractivity contribution in [1.82, 2.24) is 15.2 Å². The fraction of sp³-hybridized carbons (Fsp3) is 0.412. The first-order chi connectivity index (χ1) is 11.7. The first-order valence-electron chi connectivity index (χ1n) is 8.10. The third-order valence-corrected chi connectivity index (χ3v) is 7.06. The molecule has 0 saturated carbocycles. The van der Waals surface area contributed by atoms with Crippen LogP contribution in [0.5, 0.6) is 0 Å². The largest absolute Gasteiger partial charge is 0.347 e. The summed E-state index contributed by atoms with van der Waals surface area (Å²) in [6.07, 6.45) is 4.10. The predicted octanol–water partition coefficient (Wildman–Crippen LogP) is 3.77. The fourth-order valence-corrected chi connectivity index (χ4v) is 5.61. The lowest BCUT2D eigenvalue weighted by atomic mass is 9.84. The van der Waals surface area contributed by atoms with Gasteiger partial charge in [0.15, 0.2) is 0 Å². The maximum atomic E-state index is 12.5. The molecule has 1 atom stereocenters. The number of hydrogen-bond donors (Lipinski definition) is 1. The van der Waals surface area contributed by atoms with Crippen molar-refractivity contribution >= 4 is 40.6 Å². The number of piperidine rings is 3. The zero-order valence-corrected chi connectivity index (χ0v) is 15.5. The van der Waals surface area contributed by atoms with Gasteiger partial charge in [0.25, 0.3) is 5.91 Å². The molecule has 3 aliphatic heterocycles. The quantitative estimate of drug-likeness (QED) is 0.878. The van der Waals surface area contributed by atoms with Crippen molar-refractivity contribution in [2.45, 2.75) is 28.1 Å². The lowest BCUT2D eigenvalue weighted by Crippen LogP contribution is -2.57. The second-order valence-corrected chi connectivity index (χ2v) is 9.09. The van der Waals surface area contributed by atoms with Crippen molar-refractivity contribution in [2.75, 3.05) is 19.6 Å². The van der Waals surface area contributed by atoms with Crippen LogP contribution in [0.4, 0.5) is 0 Å². The van der Waals surface area contributed by atoms with E-state index in [2.05, 4.69) is 15.2 Å². The summed E-state index contributed by atoms with van der Waals surface area (Å²) >= 11 is 9.03. The Balaban J connectivity index is 1.40. The number of pyridine rings is 1. The highest BCUT2D eigenvalue weighted by Crippen LogP contribution is 2.33. The molecule has 2 bridgehead atoms. The standard InChI is InChI=1S/C17H18ClN3OS2/c18-12-3-6-19-15(9-12)24-16-2-1-14(23-16)17(22)20-13-10-21-7-4-11(13)5-8-21/h1-3,6,9,11,13H,4-5,7-8,10H2,(H,20,22)/t13-/m0/s1. The number of fused-ring (bicyclic) bond motifs is 3. The van der Waals surface area contributed by atoms with Crippen LogP contribution in [-0.4, -0.2) is 41.5 Å². The first kappa shape index (κ1) is 16.4. The van der Waals surface area contributed by atoms with Crippen molar-refractivity contribution in [2.24, 2.45) is 5.92 Å². The van der Waals surface area contributed by atoms with Crippen molar-refractivity contribution in [3.63, 3.8) is 0 Å². The van der Waals surface area contributed by atoms with Gasteiger partial charge in [-0.15, -0.1) is 11.3 Å². The highest BCUT2D eigenvalue weighted by atomic mass is 35.5. The molecule has 2 aromatic heterocycles. The molecule has 0 unspecified atom stereocenters. The van der Waals surface area contributed by atoms with Gasteiger partial charge in [0.05, 0.1) is 9.09 Å². The van der Waals surface area contributed by atoms with E-state index < -0.39 is 0 Å². The van der Waals surface area contributed by atoms with Crippen LogP contribution in [0.2, 0.25) is 5.02 Å². The van der Waals surface area contributed by atoms with Gasteiger partial charge in [-0.05, 0) is 56.1 Å². The van der Waals surface area contributed by atoms with Crippen LogP contribution in [-0.2, 0) is 0 Å². The Kier molecular flexibility index (Phi) is 4.81. The lowest BCUT2D eigenvalue weighted by molar-refractivity contribution is 0.0622. The van der Waals surface area contributed by atoms with E-state index in [1.165, 1.54) is 49.0 Å². The molecule has 3 fully saturated rings.